The Hall–Kier alpha value is -0.0800. The number of unbranched alkanes of at least 4 members (excludes halogenated alkanes) is 1. The molecule has 0 aliphatic rings. The topological polar surface area (TPSA) is 46.2 Å². The molecule has 0 saturated carbocycles. The summed E-state index contributed by atoms with van der Waals surface area (Å²) in [5.41, 5.74) is 5.16. The second-order valence-electron chi connectivity index (χ2n) is 3.25. The largest absolute Gasteiger partial charge is 0.379 e. The standard InChI is InChI=1S/C8H19NO/c1-7(2)5-3-4-6-8(9)10/h7-8,10H,3-6,9H2,1-2H3. The molecule has 0 aliphatic carbocycles. The molecule has 2 heteroatoms. The molecule has 0 bridgehead atoms. The van der Waals surface area contributed by atoms with E-state index in [1.807, 2.05) is 0 Å². The Balaban J connectivity index is 2.91. The molecule has 0 heterocycles. The normalized spacial score (nSPS) is 14.1. The Kier molecular flexibility index (Phi) is 5.64. The predicted molar refractivity (Wildman–Crippen MR) is 43.5 cm³/mol. The van der Waals surface area contributed by atoms with Crippen molar-refractivity contribution in [3.05, 3.63) is 0 Å². The molecular formula is C8H19NO. The average molecular weight is 145 g/mol. The van der Waals surface area contributed by atoms with Crippen LogP contribution in [0.3, 0.4) is 0 Å². The van der Waals surface area contributed by atoms with E-state index >= 15 is 0 Å². The van der Waals surface area contributed by atoms with E-state index < -0.39 is 6.23 Å². The summed E-state index contributed by atoms with van der Waals surface area (Å²) in [6, 6.07) is 0. The predicted octanol–water partition coefficient (Wildman–Crippen LogP) is 1.48. The lowest BCUT2D eigenvalue weighted by Gasteiger charge is -2.05. The maximum absolute atomic E-state index is 8.70. The fourth-order valence-electron chi connectivity index (χ4n) is 0.906. The van der Waals surface area contributed by atoms with Crippen molar-refractivity contribution >= 4 is 0 Å². The maximum atomic E-state index is 8.70. The minimum absolute atomic E-state index is 0.604. The highest BCUT2D eigenvalue weighted by Crippen LogP contribution is 2.07. The lowest BCUT2D eigenvalue weighted by Crippen LogP contribution is -2.17. The zero-order chi connectivity index (χ0) is 7.98. The third-order valence-electron chi connectivity index (χ3n) is 1.53. The van der Waals surface area contributed by atoms with Crippen molar-refractivity contribution in [1.82, 2.24) is 0 Å². The molecule has 0 amide bonds. The lowest BCUT2D eigenvalue weighted by atomic mass is 10.1. The van der Waals surface area contributed by atoms with E-state index in [1.165, 1.54) is 12.8 Å². The molecule has 0 aromatic heterocycles. The van der Waals surface area contributed by atoms with Crippen LogP contribution < -0.4 is 5.73 Å². The van der Waals surface area contributed by atoms with Gasteiger partial charge in [0.05, 0.1) is 0 Å². The van der Waals surface area contributed by atoms with E-state index in [-0.39, 0.29) is 0 Å². The zero-order valence-corrected chi connectivity index (χ0v) is 7.01. The summed E-state index contributed by atoms with van der Waals surface area (Å²) >= 11 is 0. The van der Waals surface area contributed by atoms with Gasteiger partial charge >= 0.3 is 0 Å². The van der Waals surface area contributed by atoms with Crippen molar-refractivity contribution in [2.45, 2.75) is 45.8 Å². The van der Waals surface area contributed by atoms with Crippen LogP contribution in [0, 0.1) is 5.92 Å². The number of rotatable bonds is 5. The number of nitrogens with two attached hydrogens (primary N) is 1. The van der Waals surface area contributed by atoms with Crippen LogP contribution in [0.2, 0.25) is 0 Å². The third-order valence-corrected chi connectivity index (χ3v) is 1.53. The Morgan fingerprint density at radius 1 is 1.20 bits per heavy atom. The minimum Gasteiger partial charge on any atom is -0.379 e. The van der Waals surface area contributed by atoms with E-state index in [9.17, 15) is 0 Å². The fraction of sp³-hybridized carbons (Fsp3) is 1.00. The van der Waals surface area contributed by atoms with Crippen LogP contribution in [0.15, 0.2) is 0 Å². The summed E-state index contributed by atoms with van der Waals surface area (Å²) in [7, 11) is 0. The first-order valence-electron chi connectivity index (χ1n) is 4.06. The molecule has 0 saturated heterocycles. The summed E-state index contributed by atoms with van der Waals surface area (Å²) < 4.78 is 0. The van der Waals surface area contributed by atoms with Gasteiger partial charge in [-0.2, -0.15) is 0 Å². The zero-order valence-electron chi connectivity index (χ0n) is 7.01. The summed E-state index contributed by atoms with van der Waals surface area (Å²) in [6.07, 6.45) is 3.62. The molecule has 3 N–H and O–H groups in total. The second-order valence-corrected chi connectivity index (χ2v) is 3.25. The summed E-state index contributed by atoms with van der Waals surface area (Å²) in [4.78, 5) is 0. The Morgan fingerprint density at radius 2 is 1.70 bits per heavy atom. The second kappa shape index (κ2) is 5.69. The van der Waals surface area contributed by atoms with Gasteiger partial charge in [0.1, 0.15) is 6.23 Å². The minimum atomic E-state index is -0.604. The van der Waals surface area contributed by atoms with Crippen molar-refractivity contribution in [1.29, 1.82) is 0 Å². The fourth-order valence-corrected chi connectivity index (χ4v) is 0.906. The highest BCUT2D eigenvalue weighted by Gasteiger charge is 1.96. The van der Waals surface area contributed by atoms with Gasteiger partial charge in [-0.15, -0.1) is 0 Å². The molecule has 1 unspecified atom stereocenters. The highest BCUT2D eigenvalue weighted by molar-refractivity contribution is 4.49. The first-order chi connectivity index (χ1) is 4.63. The van der Waals surface area contributed by atoms with Gasteiger partial charge in [-0.1, -0.05) is 26.7 Å². The number of aliphatic hydroxyl groups is 1. The van der Waals surface area contributed by atoms with E-state index in [4.69, 9.17) is 10.8 Å². The first kappa shape index (κ1) is 9.92. The highest BCUT2D eigenvalue weighted by atomic mass is 16.3. The maximum Gasteiger partial charge on any atom is 0.102 e. The van der Waals surface area contributed by atoms with Crippen LogP contribution in [0.4, 0.5) is 0 Å². The van der Waals surface area contributed by atoms with Crippen LogP contribution in [-0.2, 0) is 0 Å². The Morgan fingerprint density at radius 3 is 2.10 bits per heavy atom. The van der Waals surface area contributed by atoms with Crippen LogP contribution in [0.5, 0.6) is 0 Å². The molecule has 2 nitrogen and oxygen atoms in total. The van der Waals surface area contributed by atoms with Crippen LogP contribution in [-0.4, -0.2) is 11.3 Å². The third kappa shape index (κ3) is 7.92. The van der Waals surface area contributed by atoms with Crippen LogP contribution in [0.1, 0.15) is 39.5 Å². The quantitative estimate of drug-likeness (QED) is 0.454. The van der Waals surface area contributed by atoms with Gasteiger partial charge in [0.25, 0.3) is 0 Å². The van der Waals surface area contributed by atoms with Crippen LogP contribution in [0.25, 0.3) is 0 Å². The molecule has 0 fully saturated rings. The van der Waals surface area contributed by atoms with Gasteiger partial charge in [0.2, 0.25) is 0 Å². The molecule has 62 valence electrons. The van der Waals surface area contributed by atoms with Crippen molar-refractivity contribution in [2.24, 2.45) is 11.7 Å². The Bertz CT molecular complexity index is 61.7. The lowest BCUT2D eigenvalue weighted by molar-refractivity contribution is 0.167. The van der Waals surface area contributed by atoms with Gasteiger partial charge in [-0.25, -0.2) is 0 Å². The molecule has 0 aliphatic heterocycles. The molecule has 0 aromatic carbocycles. The van der Waals surface area contributed by atoms with Gasteiger partial charge in [0.15, 0.2) is 0 Å². The van der Waals surface area contributed by atoms with Gasteiger partial charge in [-0.05, 0) is 18.8 Å². The summed E-state index contributed by atoms with van der Waals surface area (Å²) in [6.45, 7) is 4.41. The molecule has 10 heavy (non-hydrogen) atoms. The molecule has 0 rings (SSSR count). The van der Waals surface area contributed by atoms with E-state index in [2.05, 4.69) is 13.8 Å². The molecule has 1 atom stereocenters. The number of hydrogen-bond acceptors (Lipinski definition) is 2. The Labute approximate surface area is 63.4 Å². The van der Waals surface area contributed by atoms with Crippen LogP contribution >= 0.6 is 0 Å². The smallest absolute Gasteiger partial charge is 0.102 e. The summed E-state index contributed by atoms with van der Waals surface area (Å²) in [5.74, 6) is 0.773. The van der Waals surface area contributed by atoms with E-state index in [0.29, 0.717) is 0 Å². The summed E-state index contributed by atoms with van der Waals surface area (Å²) in [5, 5.41) is 8.70. The van der Waals surface area contributed by atoms with Crippen molar-refractivity contribution in [3.8, 4) is 0 Å². The van der Waals surface area contributed by atoms with Gasteiger partial charge < -0.3 is 10.8 Å². The van der Waals surface area contributed by atoms with Gasteiger partial charge in [-0.3, -0.25) is 0 Å². The van der Waals surface area contributed by atoms with Crippen molar-refractivity contribution in [3.63, 3.8) is 0 Å². The van der Waals surface area contributed by atoms with Gasteiger partial charge in [0, 0.05) is 0 Å². The first-order valence-corrected chi connectivity index (χ1v) is 4.06. The molecule has 0 spiro atoms. The molecule has 0 radical (unpaired) electrons. The molecular weight excluding hydrogens is 126 g/mol. The van der Waals surface area contributed by atoms with Crippen molar-refractivity contribution < 1.29 is 5.11 Å². The molecule has 0 aromatic rings. The van der Waals surface area contributed by atoms with E-state index in [0.717, 1.165) is 18.8 Å². The van der Waals surface area contributed by atoms with Crippen molar-refractivity contribution in [2.75, 3.05) is 0 Å². The average Bonchev–Trinajstić information content (AvgIpc) is 1.79. The van der Waals surface area contributed by atoms with E-state index in [1.54, 1.807) is 0 Å². The SMILES string of the molecule is CC(C)CCCCC(N)O. The number of hydrogen-bond donors (Lipinski definition) is 2. The number of aliphatic hydroxyl groups excluding tert-OH is 1. The monoisotopic (exact) mass is 145 g/mol.